The summed E-state index contributed by atoms with van der Waals surface area (Å²) >= 11 is 0. The van der Waals surface area contributed by atoms with Crippen molar-refractivity contribution >= 4 is 11.9 Å². The Labute approximate surface area is 210 Å². The Bertz CT molecular complexity index is 819. The molecular formula is C28H47NO6. The van der Waals surface area contributed by atoms with Crippen LogP contribution in [-0.2, 0) is 9.59 Å². The van der Waals surface area contributed by atoms with Gasteiger partial charge in [-0.2, -0.15) is 0 Å². The zero-order valence-electron chi connectivity index (χ0n) is 22.1. The molecule has 0 aromatic heterocycles. The maximum atomic E-state index is 12.4. The van der Waals surface area contributed by atoms with E-state index in [0.717, 1.165) is 32.1 Å². The summed E-state index contributed by atoms with van der Waals surface area (Å²) in [5.41, 5.74) is -0.277. The van der Waals surface area contributed by atoms with E-state index in [-0.39, 0.29) is 76.7 Å². The van der Waals surface area contributed by atoms with Crippen molar-refractivity contribution in [2.45, 2.75) is 97.9 Å². The van der Waals surface area contributed by atoms with E-state index < -0.39 is 18.2 Å². The molecule has 0 bridgehead atoms. The maximum absolute atomic E-state index is 12.4. The molecule has 0 radical (unpaired) electrons. The van der Waals surface area contributed by atoms with Gasteiger partial charge in [0.05, 0.1) is 18.3 Å². The van der Waals surface area contributed by atoms with Gasteiger partial charge in [-0.3, -0.25) is 9.59 Å². The average Bonchev–Trinajstić information content (AvgIpc) is 3.16. The van der Waals surface area contributed by atoms with Crippen LogP contribution < -0.4 is 5.32 Å². The second-order valence-corrected chi connectivity index (χ2v) is 13.2. The van der Waals surface area contributed by atoms with Gasteiger partial charge in [0.2, 0.25) is 5.91 Å². The number of carboxylic acid groups (broad SMARTS) is 1. The molecular weight excluding hydrogens is 446 g/mol. The minimum atomic E-state index is -1.05. The first-order valence-electron chi connectivity index (χ1n) is 13.9. The summed E-state index contributed by atoms with van der Waals surface area (Å²) < 4.78 is 0. The molecule has 0 aromatic rings. The number of carboxylic acids is 1. The molecule has 0 spiro atoms. The molecule has 0 aromatic carbocycles. The van der Waals surface area contributed by atoms with E-state index in [1.165, 1.54) is 0 Å². The lowest BCUT2D eigenvalue weighted by molar-refractivity contribution is -0.225. The molecule has 7 heteroatoms. The molecule has 4 aliphatic rings. The van der Waals surface area contributed by atoms with Gasteiger partial charge in [-0.05, 0) is 97.2 Å². The highest BCUT2D eigenvalue weighted by atomic mass is 16.4. The molecule has 4 saturated carbocycles. The molecule has 35 heavy (non-hydrogen) atoms. The molecule has 1 amide bonds. The summed E-state index contributed by atoms with van der Waals surface area (Å²) in [6, 6.07) is 0. The Hall–Kier alpha value is -1.18. The fourth-order valence-corrected chi connectivity index (χ4v) is 9.75. The molecule has 0 aliphatic heterocycles. The van der Waals surface area contributed by atoms with E-state index in [4.69, 9.17) is 5.11 Å². The Morgan fingerprint density at radius 3 is 2.34 bits per heavy atom. The lowest BCUT2D eigenvalue weighted by Gasteiger charge is -2.65. The minimum absolute atomic E-state index is 0.0330. The van der Waals surface area contributed by atoms with Crippen LogP contribution in [-0.4, -0.2) is 57.2 Å². The van der Waals surface area contributed by atoms with Crippen molar-refractivity contribution in [3.63, 3.8) is 0 Å². The summed E-state index contributed by atoms with van der Waals surface area (Å²) in [7, 11) is 0. The van der Waals surface area contributed by atoms with Gasteiger partial charge in [-0.1, -0.05) is 34.6 Å². The second kappa shape index (κ2) is 9.60. The van der Waals surface area contributed by atoms with Crippen LogP contribution in [0.1, 0.15) is 79.6 Å². The van der Waals surface area contributed by atoms with E-state index >= 15 is 0 Å². The van der Waals surface area contributed by atoms with Gasteiger partial charge in [0.25, 0.3) is 0 Å². The number of aliphatic hydroxyl groups excluding tert-OH is 3. The number of aliphatic carboxylic acids is 1. The third kappa shape index (κ3) is 4.33. The summed E-state index contributed by atoms with van der Waals surface area (Å²) in [5.74, 6) is -0.0714. The molecule has 13 atom stereocenters. The smallest absolute Gasteiger partial charge is 0.322 e. The Kier molecular flexibility index (Phi) is 7.37. The number of amides is 1. The van der Waals surface area contributed by atoms with E-state index in [9.17, 15) is 24.9 Å². The average molecular weight is 494 g/mol. The van der Waals surface area contributed by atoms with Crippen molar-refractivity contribution in [2.24, 2.45) is 58.2 Å². The number of nitrogens with one attached hydrogen (secondary N) is 1. The molecule has 7 nitrogen and oxygen atoms in total. The topological polar surface area (TPSA) is 127 Å². The van der Waals surface area contributed by atoms with Crippen LogP contribution in [0, 0.1) is 58.2 Å². The molecule has 4 unspecified atom stereocenters. The first-order valence-corrected chi connectivity index (χ1v) is 13.9. The first kappa shape index (κ1) is 26.9. The molecule has 200 valence electrons. The number of hydrogen-bond acceptors (Lipinski definition) is 5. The van der Waals surface area contributed by atoms with Gasteiger partial charge in [0.15, 0.2) is 0 Å². The Balaban J connectivity index is 1.54. The fourth-order valence-electron chi connectivity index (χ4n) is 9.75. The third-order valence-electron chi connectivity index (χ3n) is 11.6. The van der Waals surface area contributed by atoms with Gasteiger partial charge in [-0.15, -0.1) is 0 Å². The standard InChI is InChI=1S/C28H47NO6/c1-14(10-15(2)26(35)29-13-23(32)33)18-6-7-19-24-21(12-22(31)28(18,19)5)27(4)9-8-17(30)11-20(27)16(3)25(24)34/h14-22,24-25,30-31,34H,6-13H2,1-5H3,(H,29,35)(H,32,33)/t14-,15-,16-,17-,18-,19?,20?,21?,22+,24?,25+,27+,28-/m1/s1. The van der Waals surface area contributed by atoms with Crippen molar-refractivity contribution in [3.8, 4) is 0 Å². The summed E-state index contributed by atoms with van der Waals surface area (Å²) in [6.07, 6.45) is 4.65. The number of carbonyl (C=O) groups is 2. The van der Waals surface area contributed by atoms with Crippen LogP contribution in [0.2, 0.25) is 0 Å². The zero-order chi connectivity index (χ0) is 25.9. The van der Waals surface area contributed by atoms with Crippen molar-refractivity contribution in [3.05, 3.63) is 0 Å². The number of aliphatic hydroxyl groups is 3. The predicted molar refractivity (Wildman–Crippen MR) is 132 cm³/mol. The van der Waals surface area contributed by atoms with E-state index in [1.807, 2.05) is 6.92 Å². The lowest BCUT2D eigenvalue weighted by atomic mass is 9.41. The summed E-state index contributed by atoms with van der Waals surface area (Å²) in [6.45, 7) is 10.4. The second-order valence-electron chi connectivity index (χ2n) is 13.2. The van der Waals surface area contributed by atoms with Gasteiger partial charge in [0, 0.05) is 5.92 Å². The Morgan fingerprint density at radius 2 is 1.69 bits per heavy atom. The minimum Gasteiger partial charge on any atom is -0.480 e. The highest BCUT2D eigenvalue weighted by Gasteiger charge is 2.67. The fraction of sp³-hybridized carbons (Fsp3) is 0.929. The van der Waals surface area contributed by atoms with Crippen LogP contribution in [0.4, 0.5) is 0 Å². The van der Waals surface area contributed by atoms with Gasteiger partial charge >= 0.3 is 5.97 Å². The highest BCUT2D eigenvalue weighted by Crippen LogP contribution is 2.69. The van der Waals surface area contributed by atoms with E-state index in [2.05, 4.69) is 33.0 Å². The number of rotatable bonds is 6. The third-order valence-corrected chi connectivity index (χ3v) is 11.6. The van der Waals surface area contributed by atoms with E-state index in [0.29, 0.717) is 12.8 Å². The van der Waals surface area contributed by atoms with Gasteiger partial charge < -0.3 is 25.7 Å². The monoisotopic (exact) mass is 493 g/mol. The van der Waals surface area contributed by atoms with E-state index in [1.54, 1.807) is 0 Å². The molecule has 0 heterocycles. The van der Waals surface area contributed by atoms with Crippen LogP contribution in [0.3, 0.4) is 0 Å². The maximum Gasteiger partial charge on any atom is 0.322 e. The normalized spacial score (nSPS) is 48.7. The molecule has 4 aliphatic carbocycles. The first-order chi connectivity index (χ1) is 16.3. The van der Waals surface area contributed by atoms with Crippen molar-refractivity contribution in [2.75, 3.05) is 6.54 Å². The zero-order valence-corrected chi connectivity index (χ0v) is 22.1. The number of fused-ring (bicyclic) bond motifs is 5. The van der Waals surface area contributed by atoms with Gasteiger partial charge in [0.1, 0.15) is 6.54 Å². The van der Waals surface area contributed by atoms with Crippen LogP contribution in [0.5, 0.6) is 0 Å². The molecule has 4 fully saturated rings. The van der Waals surface area contributed by atoms with Gasteiger partial charge in [-0.25, -0.2) is 0 Å². The Morgan fingerprint density at radius 1 is 1.00 bits per heavy atom. The molecule has 5 N–H and O–H groups in total. The van der Waals surface area contributed by atoms with Crippen LogP contribution >= 0.6 is 0 Å². The SMILES string of the molecule is C[C@H](C[C@@H](C)[C@H]1CCC2C3C(C[C@H](O)[C@@]21C)[C@@]1(C)CC[C@@H](O)CC1[C@@H](C)[C@@H]3O)C(=O)NCC(=O)O. The summed E-state index contributed by atoms with van der Waals surface area (Å²) in [4.78, 5) is 23.2. The van der Waals surface area contributed by atoms with Crippen molar-refractivity contribution in [1.82, 2.24) is 5.32 Å². The quantitative estimate of drug-likeness (QED) is 0.387. The number of hydrogen-bond donors (Lipinski definition) is 5. The van der Waals surface area contributed by atoms with Crippen LogP contribution in [0.15, 0.2) is 0 Å². The largest absolute Gasteiger partial charge is 0.480 e. The predicted octanol–water partition coefficient (Wildman–Crippen LogP) is 3.06. The van der Waals surface area contributed by atoms with Crippen molar-refractivity contribution < 1.29 is 30.0 Å². The molecule has 4 rings (SSSR count). The lowest BCUT2D eigenvalue weighted by Crippen LogP contribution is -2.64. The van der Waals surface area contributed by atoms with Crippen molar-refractivity contribution in [1.29, 1.82) is 0 Å². The molecule has 0 saturated heterocycles. The van der Waals surface area contributed by atoms with Crippen LogP contribution in [0.25, 0.3) is 0 Å². The summed E-state index contributed by atoms with van der Waals surface area (Å²) in [5, 5.41) is 45.1. The highest BCUT2D eigenvalue weighted by molar-refractivity contribution is 5.82. The number of carbonyl (C=O) groups excluding carboxylic acids is 1.